The predicted molar refractivity (Wildman–Crippen MR) is 158 cm³/mol. The molecule has 3 atom stereocenters. The van der Waals surface area contributed by atoms with Gasteiger partial charge in [-0.25, -0.2) is 0 Å². The lowest BCUT2D eigenvalue weighted by Crippen LogP contribution is -2.45. The second kappa shape index (κ2) is 23.6. The molecule has 0 aliphatic carbocycles. The van der Waals surface area contributed by atoms with Gasteiger partial charge in [-0.1, -0.05) is 96.6 Å². The van der Waals surface area contributed by atoms with Crippen LogP contribution in [0.25, 0.3) is 0 Å². The second-order valence-electron chi connectivity index (χ2n) is 11.4. The number of methoxy groups -OCH3 is 1. The number of unbranched alkanes of at least 4 members (excludes halogenated alkanes) is 14. The van der Waals surface area contributed by atoms with Crippen LogP contribution in [0.1, 0.15) is 123 Å². The average molecular weight is 549 g/mol. The van der Waals surface area contributed by atoms with Crippen LogP contribution in [-0.2, 0) is 18.6 Å². The molecule has 0 aliphatic heterocycles. The minimum Gasteiger partial charge on any atom is -0.379 e. The Hall–Kier alpha value is -0.230. The van der Waals surface area contributed by atoms with Gasteiger partial charge in [-0.3, -0.25) is 4.57 Å². The first-order valence-electron chi connectivity index (χ1n) is 15.2. The molecule has 1 N–H and O–H groups in total. The van der Waals surface area contributed by atoms with E-state index in [9.17, 15) is 9.46 Å². The molecule has 0 aromatic rings. The number of ether oxygens (including phenoxy) is 2. The molecule has 2 unspecified atom stereocenters. The summed E-state index contributed by atoms with van der Waals surface area (Å²) >= 11 is 0. The van der Waals surface area contributed by atoms with Gasteiger partial charge in [0.1, 0.15) is 6.10 Å². The van der Waals surface area contributed by atoms with Crippen molar-refractivity contribution in [2.24, 2.45) is 0 Å². The summed E-state index contributed by atoms with van der Waals surface area (Å²) < 4.78 is 29.7. The maximum Gasteiger partial charge on any atom is 0.385 e. The highest BCUT2D eigenvalue weighted by Crippen LogP contribution is 2.51. The number of quaternary nitrogens is 1. The average Bonchev–Trinajstić information content (AvgIpc) is 2.84. The summed E-state index contributed by atoms with van der Waals surface area (Å²) in [6.07, 6.45) is 26.0. The third-order valence-corrected chi connectivity index (χ3v) is 9.35. The van der Waals surface area contributed by atoms with Crippen LogP contribution >= 0.6 is 7.60 Å². The lowest BCUT2D eigenvalue weighted by molar-refractivity contribution is -0.883. The first-order chi connectivity index (χ1) is 17.7. The van der Waals surface area contributed by atoms with Crippen molar-refractivity contribution in [2.75, 3.05) is 48.1 Å². The van der Waals surface area contributed by atoms with Crippen LogP contribution in [0.5, 0.6) is 0 Å². The third-order valence-electron chi connectivity index (χ3n) is 7.02. The highest BCUT2D eigenvalue weighted by Gasteiger charge is 2.41. The van der Waals surface area contributed by atoms with E-state index < -0.39 is 13.4 Å². The van der Waals surface area contributed by atoms with Crippen LogP contribution in [0.4, 0.5) is 0 Å². The van der Waals surface area contributed by atoms with Gasteiger partial charge < -0.3 is 23.4 Å². The Bertz CT molecular complexity index is 579. The van der Waals surface area contributed by atoms with Gasteiger partial charge in [-0.2, -0.15) is 0 Å². The highest BCUT2D eigenvalue weighted by atomic mass is 31.2. The molecule has 0 radical (unpaired) electrons. The van der Waals surface area contributed by atoms with Crippen molar-refractivity contribution in [3.63, 3.8) is 0 Å². The van der Waals surface area contributed by atoms with Crippen LogP contribution in [0.2, 0.25) is 0 Å². The van der Waals surface area contributed by atoms with Crippen LogP contribution < -0.4 is 0 Å². The van der Waals surface area contributed by atoms with Gasteiger partial charge in [0.25, 0.3) is 0 Å². The van der Waals surface area contributed by atoms with Gasteiger partial charge in [0.05, 0.1) is 34.4 Å². The minimum absolute atomic E-state index is 0.0646. The molecule has 0 fully saturated rings. The third kappa shape index (κ3) is 21.3. The zero-order valence-corrected chi connectivity index (χ0v) is 26.3. The second-order valence-corrected chi connectivity index (χ2v) is 13.4. The first-order valence-corrected chi connectivity index (χ1v) is 16.9. The van der Waals surface area contributed by atoms with E-state index in [0.717, 1.165) is 6.42 Å². The van der Waals surface area contributed by atoms with Crippen molar-refractivity contribution < 1.29 is 27.9 Å². The number of allylic oxidation sites excluding steroid dienone is 2. The number of hydrogen-bond donors (Lipinski definition) is 1. The maximum absolute atomic E-state index is 12.7. The molecule has 6 nitrogen and oxygen atoms in total. The fraction of sp³-hybridized carbons (Fsp3) is 0.933. The summed E-state index contributed by atoms with van der Waals surface area (Å²) in [6.45, 7) is 5.32. The Balaban J connectivity index is 3.62. The minimum atomic E-state index is -3.74. The molecule has 0 saturated carbocycles. The Kier molecular flexibility index (Phi) is 23.5. The molecule has 7 heteroatoms. The number of nitrogens with zero attached hydrogens (tertiary/aromatic N) is 1. The predicted octanol–water partition coefficient (Wildman–Crippen LogP) is 8.48. The lowest BCUT2D eigenvalue weighted by atomic mass is 10.1. The standard InChI is InChI=1S/C30H62NO5P/c1-7-9-10-11-12-13-14-15-16-17-18-19-20-21-22-23-24-25-26-35-27-29(34-6)28-36-37(32,33)30(8-2)31(3,4)5/h16-17,29-30H,7-15,18-28H2,1-6H3/p+1/b17-16-/t29-,30?/m1/s1. The Labute approximate surface area is 230 Å². The molecule has 0 aliphatic rings. The number of rotatable bonds is 27. The Morgan fingerprint density at radius 3 is 1.70 bits per heavy atom. The van der Waals surface area contributed by atoms with Crippen molar-refractivity contribution in [3.05, 3.63) is 12.2 Å². The van der Waals surface area contributed by atoms with E-state index in [0.29, 0.717) is 24.1 Å². The van der Waals surface area contributed by atoms with Gasteiger partial charge in [0, 0.05) is 20.1 Å². The van der Waals surface area contributed by atoms with E-state index in [1.807, 2.05) is 28.1 Å². The molecule has 0 spiro atoms. The molecular formula is C30H63NO5P+. The highest BCUT2D eigenvalue weighted by molar-refractivity contribution is 7.53. The largest absolute Gasteiger partial charge is 0.385 e. The van der Waals surface area contributed by atoms with Gasteiger partial charge in [0.15, 0.2) is 5.78 Å². The van der Waals surface area contributed by atoms with Gasteiger partial charge in [-0.05, 0) is 32.1 Å². The van der Waals surface area contributed by atoms with Gasteiger partial charge in [0.2, 0.25) is 0 Å². The van der Waals surface area contributed by atoms with Crippen LogP contribution in [0.3, 0.4) is 0 Å². The van der Waals surface area contributed by atoms with Crippen molar-refractivity contribution in [1.29, 1.82) is 0 Å². The molecule has 0 amide bonds. The van der Waals surface area contributed by atoms with Gasteiger partial charge >= 0.3 is 7.60 Å². The zero-order chi connectivity index (χ0) is 27.8. The molecule has 0 aromatic heterocycles. The molecule has 0 saturated heterocycles. The topological polar surface area (TPSA) is 65.0 Å². The summed E-state index contributed by atoms with van der Waals surface area (Å²) in [5.41, 5.74) is 0. The van der Waals surface area contributed by atoms with E-state index in [1.54, 1.807) is 7.11 Å². The van der Waals surface area contributed by atoms with Crippen LogP contribution in [-0.4, -0.2) is 69.3 Å². The van der Waals surface area contributed by atoms with Crippen LogP contribution in [0.15, 0.2) is 12.2 Å². The quantitative estimate of drug-likeness (QED) is 0.0483. The Morgan fingerprint density at radius 1 is 0.757 bits per heavy atom. The van der Waals surface area contributed by atoms with E-state index >= 15 is 0 Å². The molecule has 0 heterocycles. The molecule has 0 rings (SSSR count). The Morgan fingerprint density at radius 2 is 1.24 bits per heavy atom. The monoisotopic (exact) mass is 548 g/mol. The smallest absolute Gasteiger partial charge is 0.379 e. The molecular weight excluding hydrogens is 485 g/mol. The van der Waals surface area contributed by atoms with Crippen molar-refractivity contribution in [2.45, 2.75) is 135 Å². The molecule has 222 valence electrons. The fourth-order valence-electron chi connectivity index (χ4n) is 4.70. The summed E-state index contributed by atoms with van der Waals surface area (Å²) in [5.74, 6) is -0.456. The van der Waals surface area contributed by atoms with Crippen LogP contribution in [0, 0.1) is 0 Å². The molecule has 0 aromatic carbocycles. The van der Waals surface area contributed by atoms with Crippen molar-refractivity contribution >= 4 is 7.60 Å². The number of hydrogen-bond acceptors (Lipinski definition) is 4. The van der Waals surface area contributed by atoms with Gasteiger partial charge in [-0.15, -0.1) is 0 Å². The maximum atomic E-state index is 12.7. The summed E-state index contributed by atoms with van der Waals surface area (Å²) in [4.78, 5) is 10.4. The van der Waals surface area contributed by atoms with Crippen molar-refractivity contribution in [3.8, 4) is 0 Å². The zero-order valence-electron chi connectivity index (χ0n) is 25.4. The molecule has 0 bridgehead atoms. The normalized spacial score (nSPS) is 15.8. The van der Waals surface area contributed by atoms with E-state index in [4.69, 9.17) is 14.0 Å². The lowest BCUT2D eigenvalue weighted by Gasteiger charge is -2.35. The summed E-state index contributed by atoms with van der Waals surface area (Å²) in [5, 5.41) is 0. The van der Waals surface area contributed by atoms with E-state index in [-0.39, 0.29) is 12.7 Å². The SMILES string of the molecule is CCCCCCCCC/C=C\CCCCCCCCCOC[C@H](COP(=O)(O)C(CC)[N+](C)(C)C)OC. The van der Waals surface area contributed by atoms with E-state index in [2.05, 4.69) is 19.1 Å². The molecule has 37 heavy (non-hydrogen) atoms. The summed E-state index contributed by atoms with van der Waals surface area (Å²) in [6, 6.07) is 0. The van der Waals surface area contributed by atoms with E-state index in [1.165, 1.54) is 96.3 Å². The van der Waals surface area contributed by atoms with Crippen molar-refractivity contribution in [1.82, 2.24) is 0 Å². The fourth-order valence-corrected chi connectivity index (χ4v) is 6.59. The summed E-state index contributed by atoms with van der Waals surface area (Å²) in [7, 11) is 3.58. The first kappa shape index (κ1) is 36.8.